The monoisotopic (exact) mass is 339 g/mol. The third kappa shape index (κ3) is 3.79. The van der Waals surface area contributed by atoms with Crippen molar-refractivity contribution >= 4 is 17.5 Å². The summed E-state index contributed by atoms with van der Waals surface area (Å²) in [5.41, 5.74) is 2.37. The topological polar surface area (TPSA) is 71.5 Å². The summed E-state index contributed by atoms with van der Waals surface area (Å²) in [5, 5.41) is 2.83. The molecule has 2 amide bonds. The van der Waals surface area contributed by atoms with E-state index in [1.54, 1.807) is 24.1 Å². The molecule has 1 aromatic carbocycles. The minimum Gasteiger partial charge on any atom is -0.495 e. The number of aryl methyl sites for hydroxylation is 1. The van der Waals surface area contributed by atoms with Crippen LogP contribution in [-0.2, 0) is 0 Å². The molecular formula is C19H21N3O3. The largest absolute Gasteiger partial charge is 0.495 e. The predicted molar refractivity (Wildman–Crippen MR) is 95.1 cm³/mol. The van der Waals surface area contributed by atoms with Gasteiger partial charge in [0.1, 0.15) is 5.75 Å². The Morgan fingerprint density at radius 3 is 2.56 bits per heavy atom. The van der Waals surface area contributed by atoms with Gasteiger partial charge >= 0.3 is 0 Å². The first-order chi connectivity index (χ1) is 12.1. The molecule has 1 N–H and O–H groups in total. The highest BCUT2D eigenvalue weighted by atomic mass is 16.5. The van der Waals surface area contributed by atoms with E-state index < -0.39 is 0 Å². The molecule has 0 unspecified atom stereocenters. The number of amides is 2. The predicted octanol–water partition coefficient (Wildman–Crippen LogP) is 2.89. The summed E-state index contributed by atoms with van der Waals surface area (Å²) in [6, 6.07) is 7.14. The van der Waals surface area contributed by atoms with Crippen molar-refractivity contribution in [3.05, 3.63) is 53.3 Å². The standard InChI is InChI=1S/C19H21N3O3/c1-13-5-6-17(25-2)16(9-13)21-18(23)14-10-15(12-20-11-14)19(24)22-7-3-4-8-22/h5-6,9-12H,3-4,7-8H2,1-2H3,(H,21,23). The van der Waals surface area contributed by atoms with Crippen LogP contribution in [0.1, 0.15) is 39.1 Å². The number of rotatable bonds is 4. The molecule has 1 aliphatic rings. The summed E-state index contributed by atoms with van der Waals surface area (Å²) in [6.07, 6.45) is 5.00. The van der Waals surface area contributed by atoms with Crippen molar-refractivity contribution in [3.63, 3.8) is 0 Å². The highest BCUT2D eigenvalue weighted by Gasteiger charge is 2.21. The normalized spacial score (nSPS) is 13.6. The number of benzene rings is 1. The van der Waals surface area contributed by atoms with Crippen LogP contribution in [0.25, 0.3) is 0 Å². The van der Waals surface area contributed by atoms with Gasteiger partial charge in [-0.05, 0) is 43.5 Å². The Morgan fingerprint density at radius 1 is 1.12 bits per heavy atom. The van der Waals surface area contributed by atoms with Gasteiger partial charge in [0.2, 0.25) is 0 Å². The summed E-state index contributed by atoms with van der Waals surface area (Å²) in [6.45, 7) is 3.46. The Bertz CT molecular complexity index is 798. The maximum atomic E-state index is 12.6. The van der Waals surface area contributed by atoms with Crippen LogP contribution in [0.15, 0.2) is 36.7 Å². The number of ether oxygens (including phenoxy) is 1. The highest BCUT2D eigenvalue weighted by molar-refractivity contribution is 6.06. The van der Waals surface area contributed by atoms with Gasteiger partial charge in [-0.2, -0.15) is 0 Å². The quantitative estimate of drug-likeness (QED) is 0.930. The van der Waals surface area contributed by atoms with Gasteiger partial charge in [-0.3, -0.25) is 14.6 Å². The minimum absolute atomic E-state index is 0.0761. The number of methoxy groups -OCH3 is 1. The lowest BCUT2D eigenvalue weighted by atomic mass is 10.1. The van der Waals surface area contributed by atoms with E-state index in [1.807, 2.05) is 19.1 Å². The first kappa shape index (κ1) is 17.0. The number of likely N-dealkylation sites (tertiary alicyclic amines) is 1. The summed E-state index contributed by atoms with van der Waals surface area (Å²) >= 11 is 0. The van der Waals surface area contributed by atoms with Gasteiger partial charge in [-0.1, -0.05) is 6.07 Å². The fraction of sp³-hybridized carbons (Fsp3) is 0.316. The smallest absolute Gasteiger partial charge is 0.257 e. The summed E-state index contributed by atoms with van der Waals surface area (Å²) < 4.78 is 5.28. The molecule has 6 heteroatoms. The van der Waals surface area contributed by atoms with E-state index in [2.05, 4.69) is 10.3 Å². The molecule has 6 nitrogen and oxygen atoms in total. The Balaban J connectivity index is 1.80. The summed E-state index contributed by atoms with van der Waals surface area (Å²) in [5.74, 6) is 0.177. The third-order valence-corrected chi connectivity index (χ3v) is 4.24. The first-order valence-corrected chi connectivity index (χ1v) is 8.29. The zero-order valence-electron chi connectivity index (χ0n) is 14.4. The second-order valence-corrected chi connectivity index (χ2v) is 6.12. The Kier molecular flexibility index (Phi) is 4.97. The third-order valence-electron chi connectivity index (χ3n) is 4.24. The van der Waals surface area contributed by atoms with Crippen LogP contribution >= 0.6 is 0 Å². The number of carbonyl (C=O) groups excluding carboxylic acids is 2. The van der Waals surface area contributed by atoms with Gasteiger partial charge in [0.15, 0.2) is 0 Å². The molecule has 1 fully saturated rings. The van der Waals surface area contributed by atoms with Crippen LogP contribution in [0.5, 0.6) is 5.75 Å². The second kappa shape index (κ2) is 7.34. The molecule has 0 aliphatic carbocycles. The lowest BCUT2D eigenvalue weighted by Crippen LogP contribution is -2.28. The van der Waals surface area contributed by atoms with Crippen LogP contribution in [0, 0.1) is 6.92 Å². The van der Waals surface area contributed by atoms with Crippen molar-refractivity contribution in [2.75, 3.05) is 25.5 Å². The van der Waals surface area contributed by atoms with E-state index in [0.717, 1.165) is 31.5 Å². The molecule has 0 spiro atoms. The number of nitrogens with one attached hydrogen (secondary N) is 1. The van der Waals surface area contributed by atoms with Crippen LogP contribution in [-0.4, -0.2) is 41.9 Å². The molecule has 1 saturated heterocycles. The van der Waals surface area contributed by atoms with E-state index in [4.69, 9.17) is 4.74 Å². The Hall–Kier alpha value is -2.89. The van der Waals surface area contributed by atoms with Crippen LogP contribution in [0.2, 0.25) is 0 Å². The second-order valence-electron chi connectivity index (χ2n) is 6.12. The van der Waals surface area contributed by atoms with E-state index >= 15 is 0 Å². The number of carbonyl (C=O) groups is 2. The van der Waals surface area contributed by atoms with Crippen molar-refractivity contribution < 1.29 is 14.3 Å². The van der Waals surface area contributed by atoms with Gasteiger partial charge in [-0.15, -0.1) is 0 Å². The lowest BCUT2D eigenvalue weighted by molar-refractivity contribution is 0.0792. The van der Waals surface area contributed by atoms with E-state index in [-0.39, 0.29) is 11.8 Å². The van der Waals surface area contributed by atoms with Crippen molar-refractivity contribution in [2.45, 2.75) is 19.8 Å². The van der Waals surface area contributed by atoms with Crippen molar-refractivity contribution in [2.24, 2.45) is 0 Å². The molecular weight excluding hydrogens is 318 g/mol. The van der Waals surface area contributed by atoms with Gasteiger partial charge in [0.25, 0.3) is 11.8 Å². The maximum absolute atomic E-state index is 12.6. The summed E-state index contributed by atoms with van der Waals surface area (Å²) in [7, 11) is 1.55. The number of hydrogen-bond donors (Lipinski definition) is 1. The van der Waals surface area contributed by atoms with Crippen molar-refractivity contribution in [1.82, 2.24) is 9.88 Å². The average Bonchev–Trinajstić information content (AvgIpc) is 3.16. The molecule has 0 radical (unpaired) electrons. The van der Waals surface area contributed by atoms with E-state index in [0.29, 0.717) is 22.6 Å². The molecule has 130 valence electrons. The van der Waals surface area contributed by atoms with Gasteiger partial charge < -0.3 is 15.0 Å². The maximum Gasteiger partial charge on any atom is 0.257 e. The molecule has 2 aromatic rings. The average molecular weight is 339 g/mol. The molecule has 1 aliphatic heterocycles. The zero-order chi connectivity index (χ0) is 17.8. The highest BCUT2D eigenvalue weighted by Crippen LogP contribution is 2.25. The Labute approximate surface area is 146 Å². The molecule has 0 atom stereocenters. The number of nitrogens with zero attached hydrogens (tertiary/aromatic N) is 2. The van der Waals surface area contributed by atoms with Crippen molar-refractivity contribution in [3.8, 4) is 5.75 Å². The SMILES string of the molecule is COc1ccc(C)cc1NC(=O)c1cncc(C(=O)N2CCCC2)c1. The van der Waals surface area contributed by atoms with E-state index in [9.17, 15) is 9.59 Å². The fourth-order valence-corrected chi connectivity index (χ4v) is 2.90. The van der Waals surface area contributed by atoms with Crippen LogP contribution < -0.4 is 10.1 Å². The first-order valence-electron chi connectivity index (χ1n) is 8.29. The van der Waals surface area contributed by atoms with Crippen LogP contribution in [0.4, 0.5) is 5.69 Å². The molecule has 2 heterocycles. The molecule has 3 rings (SSSR count). The van der Waals surface area contributed by atoms with Crippen molar-refractivity contribution in [1.29, 1.82) is 0 Å². The number of hydrogen-bond acceptors (Lipinski definition) is 4. The Morgan fingerprint density at radius 2 is 1.84 bits per heavy atom. The fourth-order valence-electron chi connectivity index (χ4n) is 2.90. The zero-order valence-corrected chi connectivity index (χ0v) is 14.4. The van der Waals surface area contributed by atoms with Gasteiger partial charge in [0.05, 0.1) is 23.9 Å². The number of pyridine rings is 1. The molecule has 25 heavy (non-hydrogen) atoms. The number of aromatic nitrogens is 1. The molecule has 0 bridgehead atoms. The van der Waals surface area contributed by atoms with E-state index in [1.165, 1.54) is 12.4 Å². The lowest BCUT2D eigenvalue weighted by Gasteiger charge is -2.15. The van der Waals surface area contributed by atoms with Crippen LogP contribution in [0.3, 0.4) is 0 Å². The van der Waals surface area contributed by atoms with Gasteiger partial charge in [-0.25, -0.2) is 0 Å². The minimum atomic E-state index is -0.326. The number of anilines is 1. The molecule has 0 saturated carbocycles. The summed E-state index contributed by atoms with van der Waals surface area (Å²) in [4.78, 5) is 30.9. The van der Waals surface area contributed by atoms with Gasteiger partial charge in [0, 0.05) is 25.5 Å². The molecule has 1 aromatic heterocycles.